The fourth-order valence-corrected chi connectivity index (χ4v) is 2.75. The van der Waals surface area contributed by atoms with Crippen LogP contribution in [-0.2, 0) is 26.0 Å². The van der Waals surface area contributed by atoms with Crippen LogP contribution in [0.25, 0.3) is 0 Å². The predicted octanol–water partition coefficient (Wildman–Crippen LogP) is 6.33. The minimum atomic E-state index is -1.02. The summed E-state index contributed by atoms with van der Waals surface area (Å²) < 4.78 is 4.84. The van der Waals surface area contributed by atoms with Crippen molar-refractivity contribution in [1.29, 1.82) is 0 Å². The number of hydrogen-bond donors (Lipinski definition) is 0. The molecule has 0 radical (unpaired) electrons. The van der Waals surface area contributed by atoms with Crippen LogP contribution in [0, 0.1) is 0 Å². The fraction of sp³-hybridized carbons (Fsp3) is 0.636. The molecule has 6 nitrogen and oxygen atoms in total. The second-order valence-corrected chi connectivity index (χ2v) is 6.90. The van der Waals surface area contributed by atoms with Gasteiger partial charge in [0, 0.05) is 0 Å². The van der Waals surface area contributed by atoms with Crippen molar-refractivity contribution < 1.29 is 29.1 Å². The van der Waals surface area contributed by atoms with Crippen LogP contribution in [-0.4, -0.2) is 18.7 Å². The number of benzene rings is 1. The topological polar surface area (TPSA) is 71.1 Å². The summed E-state index contributed by atoms with van der Waals surface area (Å²) in [6, 6.07) is 7.07. The van der Waals surface area contributed by atoms with Crippen molar-refractivity contribution in [3.63, 3.8) is 0 Å². The molecule has 6 heteroatoms. The lowest BCUT2D eigenvalue weighted by Gasteiger charge is -2.05. The average molecular weight is 395 g/mol. The van der Waals surface area contributed by atoms with Gasteiger partial charge in [-0.25, -0.2) is 14.5 Å². The second-order valence-electron chi connectivity index (χ2n) is 6.90. The maximum Gasteiger partial charge on any atom is 0.543 e. The average Bonchev–Trinajstić information content (AvgIpc) is 2.70. The molecule has 0 amide bonds. The Balaban J connectivity index is 2.09. The van der Waals surface area contributed by atoms with Gasteiger partial charge in [0.05, 0.1) is 17.2 Å². The smallest absolute Gasteiger partial charge is 0.432 e. The molecule has 0 aliphatic rings. The van der Waals surface area contributed by atoms with Crippen LogP contribution in [0.2, 0.25) is 0 Å². The van der Waals surface area contributed by atoms with E-state index in [1.807, 2.05) is 12.1 Å². The highest BCUT2D eigenvalue weighted by atomic mass is 17.5. The molecule has 1 aromatic rings. The van der Waals surface area contributed by atoms with Crippen LogP contribution >= 0.6 is 0 Å². The normalized spacial score (nSPS) is 10.5. The van der Waals surface area contributed by atoms with Crippen molar-refractivity contribution in [2.24, 2.45) is 0 Å². The van der Waals surface area contributed by atoms with Gasteiger partial charge in [-0.05, 0) is 37.0 Å². The summed E-state index contributed by atoms with van der Waals surface area (Å²) in [5.41, 5.74) is 1.48. The maximum absolute atomic E-state index is 11.8. The molecule has 0 bridgehead atoms. The van der Waals surface area contributed by atoms with E-state index in [-0.39, 0.29) is 6.61 Å². The first-order chi connectivity index (χ1) is 13.7. The van der Waals surface area contributed by atoms with Crippen LogP contribution in [0.4, 0.5) is 4.79 Å². The number of carbonyl (C=O) groups excluding carboxylic acids is 2. The minimum Gasteiger partial charge on any atom is -0.432 e. The third kappa shape index (κ3) is 11.6. The number of ether oxygens (including phenoxy) is 1. The third-order valence-corrected chi connectivity index (χ3v) is 4.44. The molecule has 0 saturated heterocycles. The molecule has 0 unspecified atom stereocenters. The summed E-state index contributed by atoms with van der Waals surface area (Å²) in [5.74, 6) is -0.736. The van der Waals surface area contributed by atoms with Crippen molar-refractivity contribution in [3.05, 3.63) is 35.4 Å². The van der Waals surface area contributed by atoms with Gasteiger partial charge in [-0.1, -0.05) is 77.3 Å². The zero-order valence-corrected chi connectivity index (χ0v) is 17.2. The summed E-state index contributed by atoms with van der Waals surface area (Å²) in [4.78, 5) is 31.9. The van der Waals surface area contributed by atoms with E-state index in [4.69, 9.17) is 4.74 Å². The zero-order chi connectivity index (χ0) is 20.5. The molecule has 158 valence electrons. The molecule has 0 aliphatic heterocycles. The SMILES string of the molecule is CCCCCCCCCOC(=O)OOOC(=O)c1ccc(CCCCC)cc1. The first-order valence-corrected chi connectivity index (χ1v) is 10.5. The number of carbonyl (C=O) groups is 2. The van der Waals surface area contributed by atoms with Crippen LogP contribution in [0.15, 0.2) is 24.3 Å². The Bertz CT molecular complexity index is 540. The highest BCUT2D eigenvalue weighted by Crippen LogP contribution is 2.10. The van der Waals surface area contributed by atoms with Gasteiger partial charge in [0.15, 0.2) is 0 Å². The summed E-state index contributed by atoms with van der Waals surface area (Å²) in [6.45, 7) is 4.60. The van der Waals surface area contributed by atoms with E-state index in [2.05, 4.69) is 28.7 Å². The van der Waals surface area contributed by atoms with Crippen LogP contribution < -0.4 is 0 Å². The van der Waals surface area contributed by atoms with E-state index in [0.29, 0.717) is 5.56 Å². The van der Waals surface area contributed by atoms with E-state index in [0.717, 1.165) is 37.7 Å². The van der Waals surface area contributed by atoms with E-state index >= 15 is 0 Å². The van der Waals surface area contributed by atoms with Crippen LogP contribution in [0.1, 0.15) is 94.0 Å². The lowest BCUT2D eigenvalue weighted by Crippen LogP contribution is -2.12. The number of rotatable bonds is 15. The third-order valence-electron chi connectivity index (χ3n) is 4.44. The Morgan fingerprint density at radius 3 is 2.04 bits per heavy atom. The van der Waals surface area contributed by atoms with Crippen molar-refractivity contribution in [3.8, 4) is 0 Å². The van der Waals surface area contributed by atoms with E-state index < -0.39 is 12.1 Å². The number of aryl methyl sites for hydroxylation is 1. The molecule has 28 heavy (non-hydrogen) atoms. The molecule has 0 aromatic heterocycles. The van der Waals surface area contributed by atoms with Gasteiger partial charge >= 0.3 is 12.1 Å². The zero-order valence-electron chi connectivity index (χ0n) is 17.2. The van der Waals surface area contributed by atoms with Gasteiger partial charge in [-0.15, -0.1) is 0 Å². The molecule has 0 spiro atoms. The highest BCUT2D eigenvalue weighted by Gasteiger charge is 2.12. The molecule has 0 fully saturated rings. The van der Waals surface area contributed by atoms with Gasteiger partial charge in [-0.3, -0.25) is 4.89 Å². The standard InChI is InChI=1S/C22H34O6/c1-3-5-7-8-9-10-12-18-25-22(24)27-28-26-21(23)20-16-14-19(15-17-20)13-11-6-4-2/h14-17H,3-13,18H2,1-2H3. The fourth-order valence-electron chi connectivity index (χ4n) is 2.75. The molecular formula is C22H34O6. The quantitative estimate of drug-likeness (QED) is 0.150. The minimum absolute atomic E-state index is 0.253. The van der Waals surface area contributed by atoms with Gasteiger partial charge in [0.25, 0.3) is 0 Å². The van der Waals surface area contributed by atoms with Gasteiger partial charge < -0.3 is 4.74 Å². The molecule has 1 rings (SSSR count). The monoisotopic (exact) mass is 394 g/mol. The summed E-state index contributed by atoms with van der Waals surface area (Å²) in [6.07, 6.45) is 11.3. The highest BCUT2D eigenvalue weighted by molar-refractivity contribution is 5.88. The molecule has 0 N–H and O–H groups in total. The van der Waals surface area contributed by atoms with Gasteiger partial charge in [0.1, 0.15) is 0 Å². The van der Waals surface area contributed by atoms with E-state index in [9.17, 15) is 9.59 Å². The lowest BCUT2D eigenvalue weighted by atomic mass is 10.1. The maximum atomic E-state index is 11.8. The summed E-state index contributed by atoms with van der Waals surface area (Å²) in [5, 5.41) is 4.22. The predicted molar refractivity (Wildman–Crippen MR) is 107 cm³/mol. The Hall–Kier alpha value is -2.08. The van der Waals surface area contributed by atoms with E-state index in [1.54, 1.807) is 12.1 Å². The first-order valence-electron chi connectivity index (χ1n) is 10.5. The van der Waals surface area contributed by atoms with Crippen molar-refractivity contribution in [2.45, 2.75) is 84.5 Å². The summed E-state index contributed by atoms with van der Waals surface area (Å²) in [7, 11) is 0. The Kier molecular flexibility index (Phi) is 13.6. The van der Waals surface area contributed by atoms with Crippen LogP contribution in [0.5, 0.6) is 0 Å². The second kappa shape index (κ2) is 15.9. The molecule has 1 aromatic carbocycles. The first kappa shape index (κ1) is 24.0. The Labute approximate surface area is 168 Å². The molecule has 0 atom stereocenters. The van der Waals surface area contributed by atoms with Crippen molar-refractivity contribution in [1.82, 2.24) is 0 Å². The van der Waals surface area contributed by atoms with Crippen LogP contribution in [0.3, 0.4) is 0 Å². The Morgan fingerprint density at radius 2 is 1.36 bits per heavy atom. The number of unbranched alkanes of at least 4 members (excludes halogenated alkanes) is 8. The van der Waals surface area contributed by atoms with Crippen molar-refractivity contribution >= 4 is 12.1 Å². The number of hydrogen-bond acceptors (Lipinski definition) is 6. The van der Waals surface area contributed by atoms with E-state index in [1.165, 1.54) is 38.5 Å². The van der Waals surface area contributed by atoms with Crippen molar-refractivity contribution in [2.75, 3.05) is 6.61 Å². The largest absolute Gasteiger partial charge is 0.543 e. The van der Waals surface area contributed by atoms with Gasteiger partial charge in [0.2, 0.25) is 0 Å². The molecule has 0 heterocycles. The molecule has 0 aliphatic carbocycles. The van der Waals surface area contributed by atoms with Gasteiger partial charge in [-0.2, -0.15) is 0 Å². The molecule has 0 saturated carbocycles. The molecular weight excluding hydrogens is 360 g/mol. The Morgan fingerprint density at radius 1 is 0.750 bits per heavy atom. The lowest BCUT2D eigenvalue weighted by molar-refractivity contribution is -0.452. The summed E-state index contributed by atoms with van der Waals surface area (Å²) >= 11 is 0.